The molecule has 0 saturated heterocycles. The van der Waals surface area contributed by atoms with Crippen molar-refractivity contribution in [1.82, 2.24) is 20.1 Å². The number of nitrogens with one attached hydrogen (secondary N) is 1. The second kappa shape index (κ2) is 6.92. The van der Waals surface area contributed by atoms with Crippen molar-refractivity contribution in [3.63, 3.8) is 0 Å². The van der Waals surface area contributed by atoms with Crippen molar-refractivity contribution in [1.29, 1.82) is 0 Å². The molecule has 0 radical (unpaired) electrons. The van der Waals surface area contributed by atoms with Crippen molar-refractivity contribution in [3.05, 3.63) is 22.4 Å². The molecule has 6 nitrogen and oxygen atoms in total. The molecule has 23 heavy (non-hydrogen) atoms. The summed E-state index contributed by atoms with van der Waals surface area (Å²) in [5, 5.41) is 13.9. The van der Waals surface area contributed by atoms with Gasteiger partial charge >= 0.3 is 0 Å². The summed E-state index contributed by atoms with van der Waals surface area (Å²) < 4.78 is 1.94. The van der Waals surface area contributed by atoms with Gasteiger partial charge in [-0.3, -0.25) is 9.36 Å². The number of nitrogens with zero attached hydrogens (tertiary/aromatic N) is 3. The van der Waals surface area contributed by atoms with E-state index in [1.807, 2.05) is 16.0 Å². The summed E-state index contributed by atoms with van der Waals surface area (Å²) in [5.74, 6) is 1.10. The van der Waals surface area contributed by atoms with Crippen LogP contribution < -0.4 is 11.1 Å². The molecule has 1 aliphatic carbocycles. The van der Waals surface area contributed by atoms with Crippen LogP contribution in [-0.4, -0.2) is 26.4 Å². The summed E-state index contributed by atoms with van der Waals surface area (Å²) in [6.07, 6.45) is 2.21. The van der Waals surface area contributed by atoms with Gasteiger partial charge in [0.25, 0.3) is 0 Å². The van der Waals surface area contributed by atoms with E-state index in [4.69, 9.17) is 5.73 Å². The van der Waals surface area contributed by atoms with Crippen LogP contribution in [0.25, 0.3) is 0 Å². The van der Waals surface area contributed by atoms with Crippen molar-refractivity contribution < 1.29 is 4.79 Å². The summed E-state index contributed by atoms with van der Waals surface area (Å²) >= 11 is 3.07. The molecule has 2 aromatic heterocycles. The van der Waals surface area contributed by atoms with Gasteiger partial charge in [0.15, 0.2) is 5.16 Å². The fourth-order valence-electron chi connectivity index (χ4n) is 2.44. The predicted octanol–water partition coefficient (Wildman–Crippen LogP) is 2.86. The van der Waals surface area contributed by atoms with E-state index in [0.717, 1.165) is 18.0 Å². The van der Waals surface area contributed by atoms with Crippen molar-refractivity contribution in [3.8, 4) is 0 Å². The van der Waals surface area contributed by atoms with Gasteiger partial charge in [-0.25, -0.2) is 0 Å². The van der Waals surface area contributed by atoms with Gasteiger partial charge in [0.1, 0.15) is 0 Å². The van der Waals surface area contributed by atoms with E-state index in [0.29, 0.717) is 23.7 Å². The average molecular weight is 352 g/mol. The number of nitrogen functional groups attached to an aromatic ring is 1. The highest BCUT2D eigenvalue weighted by Crippen LogP contribution is 2.39. The Hall–Kier alpha value is -1.54. The lowest BCUT2D eigenvalue weighted by Crippen LogP contribution is -2.32. The fraction of sp³-hybridized carbons (Fsp3) is 0.533. The van der Waals surface area contributed by atoms with Gasteiger partial charge in [-0.1, -0.05) is 31.7 Å². The molecule has 1 saturated carbocycles. The Morgan fingerprint density at radius 2 is 2.30 bits per heavy atom. The smallest absolute Gasteiger partial charge is 0.230 e. The Bertz CT molecular complexity index is 663. The van der Waals surface area contributed by atoms with Gasteiger partial charge in [-0.2, -0.15) is 0 Å². The number of aromatic nitrogens is 3. The Morgan fingerprint density at radius 1 is 1.52 bits per heavy atom. The Kier molecular flexibility index (Phi) is 4.91. The van der Waals surface area contributed by atoms with Gasteiger partial charge < -0.3 is 11.1 Å². The van der Waals surface area contributed by atoms with Crippen molar-refractivity contribution in [2.45, 2.75) is 43.9 Å². The van der Waals surface area contributed by atoms with E-state index in [-0.39, 0.29) is 11.9 Å². The van der Waals surface area contributed by atoms with Crippen LogP contribution >= 0.6 is 23.1 Å². The van der Waals surface area contributed by atoms with E-state index < -0.39 is 0 Å². The minimum absolute atomic E-state index is 0.00557. The summed E-state index contributed by atoms with van der Waals surface area (Å²) in [7, 11) is 0. The summed E-state index contributed by atoms with van der Waals surface area (Å²) in [5.41, 5.74) is 5.85. The lowest BCUT2D eigenvalue weighted by molar-refractivity contribution is -0.119. The summed E-state index contributed by atoms with van der Waals surface area (Å²) in [6.45, 7) is 4.23. The van der Waals surface area contributed by atoms with Crippen LogP contribution in [0.2, 0.25) is 0 Å². The average Bonchev–Trinajstić information content (AvgIpc) is 3.06. The number of carbonyl (C=O) groups is 1. The molecule has 2 heterocycles. The number of hydrogen-bond acceptors (Lipinski definition) is 6. The highest BCUT2D eigenvalue weighted by molar-refractivity contribution is 7.99. The largest absolute Gasteiger partial charge is 0.368 e. The molecule has 1 unspecified atom stereocenters. The van der Waals surface area contributed by atoms with Crippen LogP contribution in [0.5, 0.6) is 0 Å². The molecule has 1 fully saturated rings. The van der Waals surface area contributed by atoms with Gasteiger partial charge in [-0.15, -0.1) is 21.5 Å². The highest BCUT2D eigenvalue weighted by atomic mass is 32.2. The molecule has 0 bridgehead atoms. The first-order valence-corrected chi connectivity index (χ1v) is 9.58. The number of nitrogens with two attached hydrogens (primary N) is 1. The number of thioether (sulfide) groups is 1. The van der Waals surface area contributed by atoms with E-state index in [1.165, 1.54) is 16.6 Å². The number of hydrogen-bond donors (Lipinski definition) is 2. The molecule has 1 atom stereocenters. The maximum atomic E-state index is 12.3. The van der Waals surface area contributed by atoms with Crippen LogP contribution in [0.4, 0.5) is 5.95 Å². The molecule has 1 amide bonds. The lowest BCUT2D eigenvalue weighted by atomic mass is 10.0. The Balaban J connectivity index is 1.59. The monoisotopic (exact) mass is 351 g/mol. The SMILES string of the molecule is CC(C)C(NC(=O)CSc1nnc(N)n1C1CC1)c1cccs1. The molecule has 0 aliphatic heterocycles. The summed E-state index contributed by atoms with van der Waals surface area (Å²) in [6, 6.07) is 4.53. The molecule has 3 rings (SSSR count). The van der Waals surface area contributed by atoms with Crippen LogP contribution in [0.15, 0.2) is 22.7 Å². The molecule has 1 aliphatic rings. The zero-order valence-electron chi connectivity index (χ0n) is 13.2. The second-order valence-corrected chi connectivity index (χ2v) is 7.96. The minimum Gasteiger partial charge on any atom is -0.368 e. The first kappa shape index (κ1) is 16.3. The van der Waals surface area contributed by atoms with Crippen LogP contribution in [0.1, 0.15) is 43.6 Å². The predicted molar refractivity (Wildman–Crippen MR) is 93.5 cm³/mol. The van der Waals surface area contributed by atoms with E-state index in [1.54, 1.807) is 11.3 Å². The Morgan fingerprint density at radius 3 is 2.91 bits per heavy atom. The molecule has 124 valence electrons. The number of rotatable bonds is 7. The molecule has 0 spiro atoms. The second-order valence-electron chi connectivity index (χ2n) is 6.04. The minimum atomic E-state index is 0.00557. The van der Waals surface area contributed by atoms with Crippen molar-refractivity contribution in [2.24, 2.45) is 5.92 Å². The fourth-order valence-corrected chi connectivity index (χ4v) is 4.22. The Labute approximate surface area is 143 Å². The van der Waals surface area contributed by atoms with Crippen molar-refractivity contribution >= 4 is 35.0 Å². The molecular weight excluding hydrogens is 330 g/mol. The molecule has 3 N–H and O–H groups in total. The quantitative estimate of drug-likeness (QED) is 0.749. The van der Waals surface area contributed by atoms with Gasteiger partial charge in [0.2, 0.25) is 11.9 Å². The van der Waals surface area contributed by atoms with Crippen LogP contribution in [-0.2, 0) is 4.79 Å². The van der Waals surface area contributed by atoms with Gasteiger partial charge in [-0.05, 0) is 30.2 Å². The van der Waals surface area contributed by atoms with E-state index >= 15 is 0 Å². The van der Waals surface area contributed by atoms with Crippen LogP contribution in [0.3, 0.4) is 0 Å². The van der Waals surface area contributed by atoms with E-state index in [2.05, 4.69) is 35.4 Å². The maximum Gasteiger partial charge on any atom is 0.230 e. The molecule has 2 aromatic rings. The number of thiophene rings is 1. The van der Waals surface area contributed by atoms with Gasteiger partial charge in [0, 0.05) is 10.9 Å². The van der Waals surface area contributed by atoms with Gasteiger partial charge in [0.05, 0.1) is 11.8 Å². The zero-order chi connectivity index (χ0) is 16.4. The lowest BCUT2D eigenvalue weighted by Gasteiger charge is -2.21. The summed E-state index contributed by atoms with van der Waals surface area (Å²) in [4.78, 5) is 13.5. The third kappa shape index (κ3) is 3.87. The zero-order valence-corrected chi connectivity index (χ0v) is 14.9. The number of amides is 1. The third-order valence-corrected chi connectivity index (χ3v) is 5.67. The van der Waals surface area contributed by atoms with E-state index in [9.17, 15) is 4.79 Å². The normalized spacial score (nSPS) is 15.8. The highest BCUT2D eigenvalue weighted by Gasteiger charge is 2.29. The van der Waals surface area contributed by atoms with Crippen LogP contribution in [0, 0.1) is 5.92 Å². The molecular formula is C15H21N5OS2. The maximum absolute atomic E-state index is 12.3. The first-order chi connectivity index (χ1) is 11.1. The topological polar surface area (TPSA) is 85.8 Å². The molecule has 0 aromatic carbocycles. The first-order valence-electron chi connectivity index (χ1n) is 7.72. The standard InChI is InChI=1S/C15H21N5OS2/c1-9(2)13(11-4-3-7-22-11)17-12(21)8-23-15-19-18-14(16)20(15)10-5-6-10/h3-4,7,9-10,13H,5-6,8H2,1-2H3,(H2,16,18)(H,17,21). The number of carbonyl (C=O) groups excluding carboxylic acids is 1. The third-order valence-electron chi connectivity index (χ3n) is 3.77. The number of anilines is 1. The molecule has 8 heteroatoms. The van der Waals surface area contributed by atoms with Crippen molar-refractivity contribution in [2.75, 3.05) is 11.5 Å².